The number of amides is 1. The van der Waals surface area contributed by atoms with E-state index in [2.05, 4.69) is 15.3 Å². The number of nitrogens with one attached hydrogen (secondary N) is 2. The van der Waals surface area contributed by atoms with E-state index < -0.39 is 0 Å². The third-order valence-corrected chi connectivity index (χ3v) is 3.71. The minimum absolute atomic E-state index is 0.0357. The first-order chi connectivity index (χ1) is 10.7. The second kappa shape index (κ2) is 6.39. The highest BCUT2D eigenvalue weighted by Gasteiger charge is 2.30. The Morgan fingerprint density at radius 2 is 2.09 bits per heavy atom. The average Bonchev–Trinajstić information content (AvgIpc) is 2.45. The maximum absolute atomic E-state index is 12.4. The van der Waals surface area contributed by atoms with Gasteiger partial charge in [0.2, 0.25) is 11.9 Å². The standard InChI is InChI=1S/C15H25N7O/c1-15(2,3)21-13(23)9-5-4-6-22(8-9)12-10(7-16)11(17)19-14(18)20-12/h7,9,16H,4-6,8H2,1-3H3,(H,21,23)(H4,17,18,19,20). The molecule has 6 N–H and O–H groups in total. The molecule has 1 fully saturated rings. The quantitative estimate of drug-likeness (QED) is 0.608. The van der Waals surface area contributed by atoms with Gasteiger partial charge in [-0.25, -0.2) is 0 Å². The van der Waals surface area contributed by atoms with Crippen LogP contribution in [0.5, 0.6) is 0 Å². The van der Waals surface area contributed by atoms with Gasteiger partial charge in [0.15, 0.2) is 0 Å². The summed E-state index contributed by atoms with van der Waals surface area (Å²) in [6.07, 6.45) is 2.82. The van der Waals surface area contributed by atoms with Crippen LogP contribution >= 0.6 is 0 Å². The summed E-state index contributed by atoms with van der Waals surface area (Å²) in [6, 6.07) is 0. The summed E-state index contributed by atoms with van der Waals surface area (Å²) in [5.74, 6) is 0.693. The van der Waals surface area contributed by atoms with Gasteiger partial charge in [0, 0.05) is 24.8 Å². The van der Waals surface area contributed by atoms with Crippen molar-refractivity contribution in [1.82, 2.24) is 15.3 Å². The van der Waals surface area contributed by atoms with Gasteiger partial charge < -0.3 is 27.1 Å². The zero-order chi connectivity index (χ0) is 17.2. The summed E-state index contributed by atoms with van der Waals surface area (Å²) in [5, 5.41) is 10.6. The Labute approximate surface area is 136 Å². The van der Waals surface area contributed by atoms with Crippen LogP contribution in [0.3, 0.4) is 0 Å². The van der Waals surface area contributed by atoms with Crippen LogP contribution in [-0.4, -0.2) is 40.7 Å². The molecular formula is C15H25N7O. The molecule has 1 amide bonds. The lowest BCUT2D eigenvalue weighted by Crippen LogP contribution is -2.49. The Balaban J connectivity index is 2.22. The summed E-state index contributed by atoms with van der Waals surface area (Å²) >= 11 is 0. The monoisotopic (exact) mass is 319 g/mol. The molecule has 1 atom stereocenters. The van der Waals surface area contributed by atoms with Gasteiger partial charge in [-0.2, -0.15) is 9.97 Å². The number of aromatic nitrogens is 2. The van der Waals surface area contributed by atoms with Crippen molar-refractivity contribution in [3.63, 3.8) is 0 Å². The van der Waals surface area contributed by atoms with Gasteiger partial charge in [-0.05, 0) is 33.6 Å². The first kappa shape index (κ1) is 17.0. The number of rotatable bonds is 3. The van der Waals surface area contributed by atoms with Gasteiger partial charge in [-0.1, -0.05) is 0 Å². The molecule has 0 aromatic carbocycles. The van der Waals surface area contributed by atoms with Gasteiger partial charge in [0.05, 0.1) is 11.5 Å². The maximum atomic E-state index is 12.4. The van der Waals surface area contributed by atoms with Crippen molar-refractivity contribution >= 4 is 29.7 Å². The highest BCUT2D eigenvalue weighted by Crippen LogP contribution is 2.27. The fourth-order valence-corrected chi connectivity index (χ4v) is 2.73. The molecular weight excluding hydrogens is 294 g/mol. The van der Waals surface area contributed by atoms with E-state index in [0.29, 0.717) is 17.9 Å². The number of nitrogen functional groups attached to an aromatic ring is 2. The number of hydrogen-bond donors (Lipinski definition) is 4. The summed E-state index contributed by atoms with van der Waals surface area (Å²) in [6.45, 7) is 7.16. The van der Waals surface area contributed by atoms with Crippen LogP contribution in [-0.2, 0) is 4.79 Å². The van der Waals surface area contributed by atoms with Gasteiger partial charge in [-0.3, -0.25) is 4.79 Å². The van der Waals surface area contributed by atoms with Crippen molar-refractivity contribution in [2.24, 2.45) is 5.92 Å². The van der Waals surface area contributed by atoms with E-state index in [4.69, 9.17) is 16.9 Å². The molecule has 8 heteroatoms. The van der Waals surface area contributed by atoms with E-state index in [1.54, 1.807) is 0 Å². The molecule has 126 valence electrons. The average molecular weight is 319 g/mol. The fraction of sp³-hybridized carbons (Fsp3) is 0.600. The lowest BCUT2D eigenvalue weighted by Gasteiger charge is -2.35. The second-order valence-corrected chi connectivity index (χ2v) is 6.87. The smallest absolute Gasteiger partial charge is 0.225 e. The lowest BCUT2D eigenvalue weighted by molar-refractivity contribution is -0.126. The third-order valence-electron chi connectivity index (χ3n) is 3.71. The van der Waals surface area contributed by atoms with Crippen molar-refractivity contribution < 1.29 is 4.79 Å². The number of carbonyl (C=O) groups excluding carboxylic acids is 1. The predicted octanol–water partition coefficient (Wildman–Crippen LogP) is 0.770. The van der Waals surface area contributed by atoms with Gasteiger partial charge in [0.25, 0.3) is 0 Å². The molecule has 2 heterocycles. The van der Waals surface area contributed by atoms with Crippen molar-refractivity contribution in [2.45, 2.75) is 39.2 Å². The minimum Gasteiger partial charge on any atom is -0.383 e. The first-order valence-corrected chi connectivity index (χ1v) is 7.71. The van der Waals surface area contributed by atoms with E-state index >= 15 is 0 Å². The van der Waals surface area contributed by atoms with Crippen LogP contribution in [0.4, 0.5) is 17.6 Å². The number of piperidine rings is 1. The summed E-state index contributed by atoms with van der Waals surface area (Å²) in [7, 11) is 0. The van der Waals surface area contributed by atoms with Crippen molar-refractivity contribution in [2.75, 3.05) is 29.5 Å². The summed E-state index contributed by atoms with van der Waals surface area (Å²) < 4.78 is 0. The molecule has 2 rings (SSSR count). The van der Waals surface area contributed by atoms with Gasteiger partial charge >= 0.3 is 0 Å². The molecule has 1 unspecified atom stereocenters. The predicted molar refractivity (Wildman–Crippen MR) is 91.6 cm³/mol. The number of nitrogens with zero attached hydrogens (tertiary/aromatic N) is 3. The van der Waals surface area contributed by atoms with Crippen molar-refractivity contribution in [1.29, 1.82) is 5.41 Å². The topological polar surface area (TPSA) is 134 Å². The molecule has 8 nitrogen and oxygen atoms in total. The Morgan fingerprint density at radius 3 is 2.70 bits per heavy atom. The minimum atomic E-state index is -0.261. The molecule has 0 saturated carbocycles. The molecule has 1 aromatic rings. The molecule has 0 spiro atoms. The van der Waals surface area contributed by atoms with Crippen LogP contribution in [0.2, 0.25) is 0 Å². The number of carbonyl (C=O) groups is 1. The molecule has 23 heavy (non-hydrogen) atoms. The summed E-state index contributed by atoms with van der Waals surface area (Å²) in [5.41, 5.74) is 11.7. The first-order valence-electron chi connectivity index (χ1n) is 7.71. The van der Waals surface area contributed by atoms with E-state index in [9.17, 15) is 4.79 Å². The highest BCUT2D eigenvalue weighted by atomic mass is 16.2. The Bertz CT molecular complexity index is 609. The SMILES string of the molecule is CC(C)(C)NC(=O)C1CCCN(c2nc(N)nc(N)c2C=N)C1. The Hall–Kier alpha value is -2.38. The second-order valence-electron chi connectivity index (χ2n) is 6.87. The largest absolute Gasteiger partial charge is 0.383 e. The zero-order valence-corrected chi connectivity index (χ0v) is 13.9. The lowest BCUT2D eigenvalue weighted by atomic mass is 9.95. The molecule has 0 aliphatic carbocycles. The van der Waals surface area contributed by atoms with Crippen LogP contribution in [0.25, 0.3) is 0 Å². The zero-order valence-electron chi connectivity index (χ0n) is 13.9. The normalized spacial score (nSPS) is 18.6. The van der Waals surface area contributed by atoms with E-state index in [-0.39, 0.29) is 29.1 Å². The van der Waals surface area contributed by atoms with Crippen LogP contribution < -0.4 is 21.7 Å². The summed E-state index contributed by atoms with van der Waals surface area (Å²) in [4.78, 5) is 22.5. The van der Waals surface area contributed by atoms with Gasteiger partial charge in [0.1, 0.15) is 11.6 Å². The molecule has 0 radical (unpaired) electrons. The molecule has 1 aromatic heterocycles. The van der Waals surface area contributed by atoms with Crippen LogP contribution in [0, 0.1) is 11.3 Å². The highest BCUT2D eigenvalue weighted by molar-refractivity contribution is 5.91. The Morgan fingerprint density at radius 1 is 1.39 bits per heavy atom. The molecule has 1 aliphatic heterocycles. The van der Waals surface area contributed by atoms with Crippen molar-refractivity contribution in [3.8, 4) is 0 Å². The molecule has 0 bridgehead atoms. The van der Waals surface area contributed by atoms with E-state index in [1.807, 2.05) is 25.7 Å². The third kappa shape index (κ3) is 4.08. The molecule has 1 saturated heterocycles. The van der Waals surface area contributed by atoms with E-state index in [1.165, 1.54) is 0 Å². The number of nitrogens with two attached hydrogens (primary N) is 2. The maximum Gasteiger partial charge on any atom is 0.225 e. The van der Waals surface area contributed by atoms with E-state index in [0.717, 1.165) is 25.6 Å². The van der Waals surface area contributed by atoms with Crippen LogP contribution in [0.15, 0.2) is 0 Å². The van der Waals surface area contributed by atoms with Crippen molar-refractivity contribution in [3.05, 3.63) is 5.56 Å². The number of anilines is 3. The van der Waals surface area contributed by atoms with Gasteiger partial charge in [-0.15, -0.1) is 0 Å². The fourth-order valence-electron chi connectivity index (χ4n) is 2.73. The van der Waals surface area contributed by atoms with Crippen LogP contribution in [0.1, 0.15) is 39.2 Å². The Kier molecular flexibility index (Phi) is 4.72. The number of hydrogen-bond acceptors (Lipinski definition) is 7. The molecule has 1 aliphatic rings.